The molecule has 2 fully saturated rings. The Morgan fingerprint density at radius 2 is 2.27 bits per heavy atom. The summed E-state index contributed by atoms with van der Waals surface area (Å²) in [6.45, 7) is 2.66. The number of ether oxygens (including phenoxy) is 1. The quantitative estimate of drug-likeness (QED) is 0.719. The lowest BCUT2D eigenvalue weighted by Gasteiger charge is -2.33. The average Bonchev–Trinajstić information content (AvgIpc) is 2.81. The van der Waals surface area contributed by atoms with Crippen LogP contribution in [-0.2, 0) is 9.53 Å². The van der Waals surface area contributed by atoms with E-state index in [1.165, 1.54) is 0 Å². The maximum Gasteiger partial charge on any atom is 0.239 e. The molecule has 15 heavy (non-hydrogen) atoms. The zero-order valence-corrected chi connectivity index (χ0v) is 9.37. The standard InChI is InChI=1S/C11H20N2O2/c1-15-9-4-3-7-13(8-9)11(14)10-5-2-6-12-10/h9-10,12H,2-8H2,1H3/t9-,10-/m1/s1. The molecule has 1 N–H and O–H groups in total. The van der Waals surface area contributed by atoms with Crippen LogP contribution in [0.25, 0.3) is 0 Å². The Balaban J connectivity index is 1.88. The van der Waals surface area contributed by atoms with E-state index in [1.807, 2.05) is 4.90 Å². The second kappa shape index (κ2) is 4.94. The molecular formula is C11H20N2O2. The van der Waals surface area contributed by atoms with E-state index in [4.69, 9.17) is 4.74 Å². The number of nitrogens with one attached hydrogen (secondary N) is 1. The Hall–Kier alpha value is -0.610. The minimum atomic E-state index is 0.0700. The molecule has 0 saturated carbocycles. The second-order valence-corrected chi connectivity index (χ2v) is 4.43. The minimum absolute atomic E-state index is 0.0700. The molecule has 0 unspecified atom stereocenters. The fourth-order valence-corrected chi connectivity index (χ4v) is 2.45. The number of likely N-dealkylation sites (tertiary alicyclic amines) is 1. The fraction of sp³-hybridized carbons (Fsp3) is 0.909. The SMILES string of the molecule is CO[C@@H]1CCCN(C(=O)[C@H]2CCCN2)C1. The molecule has 2 saturated heterocycles. The molecule has 2 atom stereocenters. The second-order valence-electron chi connectivity index (χ2n) is 4.43. The van der Waals surface area contributed by atoms with Gasteiger partial charge < -0.3 is 15.0 Å². The fourth-order valence-electron chi connectivity index (χ4n) is 2.45. The third-order valence-electron chi connectivity index (χ3n) is 3.38. The summed E-state index contributed by atoms with van der Waals surface area (Å²) in [5.41, 5.74) is 0. The number of rotatable bonds is 2. The first-order chi connectivity index (χ1) is 7.31. The molecule has 86 valence electrons. The van der Waals surface area contributed by atoms with Gasteiger partial charge in [0.25, 0.3) is 0 Å². The third kappa shape index (κ3) is 2.49. The van der Waals surface area contributed by atoms with E-state index in [2.05, 4.69) is 5.32 Å². The third-order valence-corrected chi connectivity index (χ3v) is 3.38. The lowest BCUT2D eigenvalue weighted by atomic mass is 10.1. The van der Waals surface area contributed by atoms with E-state index in [-0.39, 0.29) is 18.1 Å². The van der Waals surface area contributed by atoms with Crippen LogP contribution in [0.1, 0.15) is 25.7 Å². The van der Waals surface area contributed by atoms with Gasteiger partial charge in [0.1, 0.15) is 0 Å². The van der Waals surface area contributed by atoms with Gasteiger partial charge in [0.2, 0.25) is 5.91 Å². The highest BCUT2D eigenvalue weighted by molar-refractivity contribution is 5.82. The van der Waals surface area contributed by atoms with Gasteiger partial charge in [-0.3, -0.25) is 4.79 Å². The van der Waals surface area contributed by atoms with Gasteiger partial charge in [-0.1, -0.05) is 0 Å². The highest BCUT2D eigenvalue weighted by Gasteiger charge is 2.30. The zero-order valence-electron chi connectivity index (χ0n) is 9.37. The summed E-state index contributed by atoms with van der Waals surface area (Å²) in [4.78, 5) is 14.0. The summed E-state index contributed by atoms with van der Waals surface area (Å²) < 4.78 is 5.32. The van der Waals surface area contributed by atoms with Gasteiger partial charge in [-0.15, -0.1) is 0 Å². The van der Waals surface area contributed by atoms with Crippen molar-refractivity contribution in [2.24, 2.45) is 0 Å². The molecule has 0 bridgehead atoms. The Bertz CT molecular complexity index is 227. The van der Waals surface area contributed by atoms with E-state index in [0.29, 0.717) is 0 Å². The lowest BCUT2D eigenvalue weighted by Crippen LogP contribution is -2.49. The minimum Gasteiger partial charge on any atom is -0.380 e. The van der Waals surface area contributed by atoms with Crippen molar-refractivity contribution >= 4 is 5.91 Å². The van der Waals surface area contributed by atoms with Crippen molar-refractivity contribution in [2.45, 2.75) is 37.8 Å². The molecule has 2 aliphatic heterocycles. The van der Waals surface area contributed by atoms with Crippen LogP contribution in [0.5, 0.6) is 0 Å². The van der Waals surface area contributed by atoms with Crippen molar-refractivity contribution in [2.75, 3.05) is 26.7 Å². The number of nitrogens with zero attached hydrogens (tertiary/aromatic N) is 1. The summed E-state index contributed by atoms with van der Waals surface area (Å²) in [6, 6.07) is 0.0700. The summed E-state index contributed by atoms with van der Waals surface area (Å²) in [7, 11) is 1.73. The van der Waals surface area contributed by atoms with Gasteiger partial charge in [0.05, 0.1) is 12.1 Å². The van der Waals surface area contributed by atoms with E-state index >= 15 is 0 Å². The molecule has 0 aromatic carbocycles. The highest BCUT2D eigenvalue weighted by Crippen LogP contribution is 2.16. The van der Waals surface area contributed by atoms with Crippen molar-refractivity contribution < 1.29 is 9.53 Å². The summed E-state index contributed by atoms with van der Waals surface area (Å²) in [5, 5.41) is 3.25. The van der Waals surface area contributed by atoms with Crippen molar-refractivity contribution in [3.63, 3.8) is 0 Å². The van der Waals surface area contributed by atoms with Gasteiger partial charge in [-0.25, -0.2) is 0 Å². The normalized spacial score (nSPS) is 31.9. The number of hydrogen-bond donors (Lipinski definition) is 1. The number of hydrogen-bond acceptors (Lipinski definition) is 3. The molecule has 0 aromatic heterocycles. The van der Waals surface area contributed by atoms with Gasteiger partial charge in [-0.05, 0) is 32.2 Å². The predicted molar refractivity (Wildman–Crippen MR) is 57.6 cm³/mol. The van der Waals surface area contributed by atoms with E-state index in [0.717, 1.165) is 45.3 Å². The number of carbonyl (C=O) groups is 1. The number of methoxy groups -OCH3 is 1. The van der Waals surface area contributed by atoms with Crippen molar-refractivity contribution in [3.05, 3.63) is 0 Å². The molecule has 0 spiro atoms. The molecule has 0 aromatic rings. The van der Waals surface area contributed by atoms with E-state index < -0.39 is 0 Å². The predicted octanol–water partition coefficient (Wildman–Crippen LogP) is 0.376. The molecular weight excluding hydrogens is 192 g/mol. The first kappa shape index (κ1) is 10.9. The number of carbonyl (C=O) groups excluding carboxylic acids is 1. The number of amides is 1. The Kier molecular flexibility index (Phi) is 3.59. The highest BCUT2D eigenvalue weighted by atomic mass is 16.5. The van der Waals surface area contributed by atoms with Gasteiger partial charge in [0, 0.05) is 20.2 Å². The van der Waals surface area contributed by atoms with Crippen LogP contribution in [0.4, 0.5) is 0 Å². The topological polar surface area (TPSA) is 41.6 Å². The summed E-state index contributed by atoms with van der Waals surface area (Å²) in [5.74, 6) is 0.272. The maximum atomic E-state index is 12.1. The van der Waals surface area contributed by atoms with Crippen molar-refractivity contribution in [1.82, 2.24) is 10.2 Å². The van der Waals surface area contributed by atoms with E-state index in [1.54, 1.807) is 7.11 Å². The van der Waals surface area contributed by atoms with Crippen LogP contribution in [0.15, 0.2) is 0 Å². The molecule has 2 heterocycles. The average molecular weight is 212 g/mol. The molecule has 4 nitrogen and oxygen atoms in total. The Labute approximate surface area is 91.0 Å². The van der Waals surface area contributed by atoms with Crippen LogP contribution in [-0.4, -0.2) is 49.7 Å². The largest absolute Gasteiger partial charge is 0.380 e. The molecule has 4 heteroatoms. The van der Waals surface area contributed by atoms with Crippen molar-refractivity contribution in [3.8, 4) is 0 Å². The number of piperidine rings is 1. The van der Waals surface area contributed by atoms with E-state index in [9.17, 15) is 4.79 Å². The van der Waals surface area contributed by atoms with Crippen LogP contribution in [0, 0.1) is 0 Å². The van der Waals surface area contributed by atoms with Gasteiger partial charge in [-0.2, -0.15) is 0 Å². The summed E-state index contributed by atoms with van der Waals surface area (Å²) >= 11 is 0. The van der Waals surface area contributed by atoms with Crippen molar-refractivity contribution in [1.29, 1.82) is 0 Å². The summed E-state index contributed by atoms with van der Waals surface area (Å²) in [6.07, 6.45) is 4.50. The first-order valence-electron chi connectivity index (χ1n) is 5.86. The van der Waals surface area contributed by atoms with Crippen LogP contribution in [0.2, 0.25) is 0 Å². The van der Waals surface area contributed by atoms with Crippen LogP contribution < -0.4 is 5.32 Å². The molecule has 1 amide bonds. The molecule has 2 aliphatic rings. The van der Waals surface area contributed by atoms with Gasteiger partial charge >= 0.3 is 0 Å². The molecule has 0 radical (unpaired) electrons. The van der Waals surface area contributed by atoms with Gasteiger partial charge in [0.15, 0.2) is 0 Å². The van der Waals surface area contributed by atoms with Crippen LogP contribution >= 0.6 is 0 Å². The first-order valence-corrected chi connectivity index (χ1v) is 5.86. The Morgan fingerprint density at radius 1 is 1.40 bits per heavy atom. The smallest absolute Gasteiger partial charge is 0.239 e. The lowest BCUT2D eigenvalue weighted by molar-refractivity contribution is -0.136. The van der Waals surface area contributed by atoms with Crippen LogP contribution in [0.3, 0.4) is 0 Å². The molecule has 0 aliphatic carbocycles. The molecule has 2 rings (SSSR count). The Morgan fingerprint density at radius 3 is 2.93 bits per heavy atom. The zero-order chi connectivity index (χ0) is 10.7. The monoisotopic (exact) mass is 212 g/mol. The maximum absolute atomic E-state index is 12.1.